The molecule has 1 aromatic carbocycles. The van der Waals surface area contributed by atoms with Gasteiger partial charge in [-0.05, 0) is 49.6 Å². The summed E-state index contributed by atoms with van der Waals surface area (Å²) in [4.78, 5) is 25.4. The lowest BCUT2D eigenvalue weighted by atomic mass is 10.1. The maximum absolute atomic E-state index is 14.1. The van der Waals surface area contributed by atoms with Crippen molar-refractivity contribution in [2.75, 3.05) is 38.0 Å². The lowest BCUT2D eigenvalue weighted by Crippen LogP contribution is -2.21. The van der Waals surface area contributed by atoms with Gasteiger partial charge in [-0.15, -0.1) is 0 Å². The van der Waals surface area contributed by atoms with Gasteiger partial charge in [0.25, 0.3) is 5.91 Å². The Labute approximate surface area is 267 Å². The molecule has 47 heavy (non-hydrogen) atoms. The first kappa shape index (κ1) is 32.4. The van der Waals surface area contributed by atoms with Crippen molar-refractivity contribution >= 4 is 36.6 Å². The number of aromatic nitrogens is 5. The number of nitrogens with zero attached hydrogens (tertiary/aromatic N) is 5. The van der Waals surface area contributed by atoms with Crippen LogP contribution in [-0.4, -0.2) is 58.0 Å². The van der Waals surface area contributed by atoms with Gasteiger partial charge in [-0.25, -0.2) is 9.97 Å². The van der Waals surface area contributed by atoms with E-state index in [9.17, 15) is 22.5 Å². The highest BCUT2D eigenvalue weighted by Gasteiger charge is 2.45. The van der Waals surface area contributed by atoms with Crippen LogP contribution in [0.3, 0.4) is 0 Å². The molecular weight excluding hydrogens is 640 g/mol. The summed E-state index contributed by atoms with van der Waals surface area (Å²) in [6.07, 6.45) is 0.801. The number of carbonyl (C=O) groups excluding carboxylic acids is 1. The van der Waals surface area contributed by atoms with Gasteiger partial charge in [0.2, 0.25) is 5.95 Å². The molecule has 4 aliphatic heterocycles. The number of pyridine rings is 1. The summed E-state index contributed by atoms with van der Waals surface area (Å²) in [6, 6.07) is 7.93. The SMILES string of the molecule is CCOP1(=O)Cc2ccc(c(OC)c2)Nc2ncc(C(F)(F)F)c(n2)Nc2ccc(nc2C(=O)NC)-c2cnn(c2)CC2(CC2)CO1. The van der Waals surface area contributed by atoms with Crippen LogP contribution in [0.15, 0.2) is 48.9 Å². The Morgan fingerprint density at radius 2 is 1.94 bits per heavy atom. The fraction of sp³-hybridized carbons (Fsp3) is 0.367. The predicted octanol–water partition coefficient (Wildman–Crippen LogP) is 6.15. The van der Waals surface area contributed by atoms with Gasteiger partial charge in [-0.2, -0.15) is 23.3 Å². The van der Waals surface area contributed by atoms with Gasteiger partial charge >= 0.3 is 13.8 Å². The van der Waals surface area contributed by atoms with Crippen molar-refractivity contribution in [2.24, 2.45) is 5.41 Å². The molecule has 1 aliphatic carbocycles. The predicted molar refractivity (Wildman–Crippen MR) is 166 cm³/mol. The Bertz CT molecular complexity index is 1860. The second-order valence-corrected chi connectivity index (χ2v) is 13.4. The van der Waals surface area contributed by atoms with Crippen molar-refractivity contribution in [1.82, 2.24) is 30.0 Å². The number of hydrogen-bond acceptors (Lipinski definition) is 11. The second-order valence-electron chi connectivity index (χ2n) is 11.3. The zero-order chi connectivity index (χ0) is 33.4. The molecule has 4 aromatic rings. The molecule has 248 valence electrons. The molecule has 8 bridgehead atoms. The number of anilines is 4. The third-order valence-corrected chi connectivity index (χ3v) is 9.78. The number of methoxy groups -OCH3 is 1. The molecule has 5 aliphatic rings. The van der Waals surface area contributed by atoms with Crippen molar-refractivity contribution in [3.63, 3.8) is 0 Å². The van der Waals surface area contributed by atoms with E-state index in [1.807, 2.05) is 0 Å². The van der Waals surface area contributed by atoms with Crippen LogP contribution in [0.25, 0.3) is 11.3 Å². The number of nitrogens with one attached hydrogen (secondary N) is 3. The molecule has 0 saturated heterocycles. The molecule has 9 rings (SSSR count). The van der Waals surface area contributed by atoms with Crippen LogP contribution in [0, 0.1) is 5.41 Å². The fourth-order valence-electron chi connectivity index (χ4n) is 5.18. The first-order valence-corrected chi connectivity index (χ1v) is 16.5. The zero-order valence-electron chi connectivity index (χ0n) is 25.7. The standard InChI is InChI=1S/C30H32F3N8O5P/c1-4-45-47(43)15-18-5-6-22(24(11-18)44-3)39-28-35-13-20(30(31,32)33)26(40-28)38-23-8-7-21(37-25(23)27(42)34-2)19-12-36-41(14-19)16-29(9-10-29)17-46-47/h5-8,11-14H,4,9-10,15-17H2,1-3H3,(H,34,42)(H2,35,38,39,40). The fourth-order valence-corrected chi connectivity index (χ4v) is 6.94. The first-order valence-electron chi connectivity index (χ1n) is 14.7. The monoisotopic (exact) mass is 672 g/mol. The molecule has 1 atom stereocenters. The lowest BCUT2D eigenvalue weighted by Gasteiger charge is -2.22. The van der Waals surface area contributed by atoms with Gasteiger partial charge in [0.1, 0.15) is 17.1 Å². The Morgan fingerprint density at radius 1 is 1.15 bits per heavy atom. The number of alkyl halides is 3. The van der Waals surface area contributed by atoms with Crippen molar-refractivity contribution in [3.8, 4) is 17.0 Å². The Kier molecular flexibility index (Phi) is 8.68. The molecule has 1 unspecified atom stereocenters. The lowest BCUT2D eigenvalue weighted by molar-refractivity contribution is -0.137. The minimum Gasteiger partial charge on any atom is -0.495 e. The van der Waals surface area contributed by atoms with Crippen molar-refractivity contribution in [1.29, 1.82) is 0 Å². The van der Waals surface area contributed by atoms with E-state index in [1.165, 1.54) is 20.2 Å². The Balaban J connectivity index is 1.47. The van der Waals surface area contributed by atoms with E-state index in [2.05, 4.69) is 36.0 Å². The highest BCUT2D eigenvalue weighted by Crippen LogP contribution is 2.56. The van der Waals surface area contributed by atoms with E-state index in [0.29, 0.717) is 41.0 Å². The van der Waals surface area contributed by atoms with E-state index in [4.69, 9.17) is 13.8 Å². The molecule has 1 saturated carbocycles. The van der Waals surface area contributed by atoms with Gasteiger partial charge in [-0.1, -0.05) is 6.07 Å². The van der Waals surface area contributed by atoms with Gasteiger partial charge in [0.05, 0.1) is 49.8 Å². The Morgan fingerprint density at radius 3 is 2.64 bits per heavy atom. The number of carbonyl (C=O) groups is 1. The van der Waals surface area contributed by atoms with Gasteiger partial charge in [0, 0.05) is 37.0 Å². The van der Waals surface area contributed by atoms with Crippen molar-refractivity contribution in [3.05, 3.63) is 65.7 Å². The number of ether oxygens (including phenoxy) is 1. The van der Waals surface area contributed by atoms with E-state index in [-0.39, 0.29) is 42.1 Å². The van der Waals surface area contributed by atoms with Crippen molar-refractivity contribution in [2.45, 2.75) is 38.6 Å². The molecular formula is C30H32F3N8O5P. The van der Waals surface area contributed by atoms with Crippen molar-refractivity contribution < 1.29 is 36.3 Å². The minimum atomic E-state index is -4.82. The summed E-state index contributed by atoms with van der Waals surface area (Å²) >= 11 is 0. The van der Waals surface area contributed by atoms with E-state index in [1.54, 1.807) is 48.3 Å². The number of halogens is 3. The number of benzene rings is 1. The summed E-state index contributed by atoms with van der Waals surface area (Å²) in [6.45, 7) is 2.59. The third kappa shape index (κ3) is 7.09. The third-order valence-electron chi connectivity index (χ3n) is 7.85. The normalized spacial score (nSPS) is 18.9. The molecule has 0 radical (unpaired) electrons. The molecule has 1 fully saturated rings. The largest absolute Gasteiger partial charge is 0.495 e. The summed E-state index contributed by atoms with van der Waals surface area (Å²) in [5, 5.41) is 12.5. The van der Waals surface area contributed by atoms with Gasteiger partial charge in [-0.3, -0.25) is 14.0 Å². The molecule has 1 spiro atoms. The van der Waals surface area contributed by atoms with Crippen LogP contribution in [0.1, 0.15) is 41.4 Å². The summed E-state index contributed by atoms with van der Waals surface area (Å²) in [5.74, 6) is -1.13. The van der Waals surface area contributed by atoms with E-state index < -0.39 is 31.1 Å². The smallest absolute Gasteiger partial charge is 0.421 e. The second kappa shape index (κ2) is 12.6. The quantitative estimate of drug-likeness (QED) is 0.214. The maximum Gasteiger partial charge on any atom is 0.421 e. The molecule has 7 heterocycles. The summed E-state index contributed by atoms with van der Waals surface area (Å²) in [7, 11) is -0.781. The van der Waals surface area contributed by atoms with Gasteiger partial charge in [0.15, 0.2) is 5.69 Å². The number of hydrogen-bond donors (Lipinski definition) is 3. The number of rotatable bonds is 4. The van der Waals surface area contributed by atoms with Crippen LogP contribution in [0.2, 0.25) is 0 Å². The average molecular weight is 673 g/mol. The van der Waals surface area contributed by atoms with Crippen LogP contribution in [-0.2, 0) is 32.5 Å². The Hall–Kier alpha value is -4.53. The van der Waals surface area contributed by atoms with Crippen LogP contribution in [0.5, 0.6) is 5.75 Å². The highest BCUT2D eigenvalue weighted by molar-refractivity contribution is 7.53. The minimum absolute atomic E-state index is 0.00692. The topological polar surface area (TPSA) is 154 Å². The molecule has 17 heteroatoms. The molecule has 3 N–H and O–H groups in total. The summed E-state index contributed by atoms with van der Waals surface area (Å²) < 4.78 is 75.1. The first-order chi connectivity index (χ1) is 22.4. The molecule has 1 amide bonds. The maximum atomic E-state index is 14.1. The van der Waals surface area contributed by atoms with Crippen LogP contribution < -0.4 is 20.7 Å². The van der Waals surface area contributed by atoms with Gasteiger partial charge < -0.3 is 29.7 Å². The van der Waals surface area contributed by atoms with E-state index in [0.717, 1.165) is 12.8 Å². The number of amides is 1. The van der Waals surface area contributed by atoms with E-state index >= 15 is 0 Å². The zero-order valence-corrected chi connectivity index (χ0v) is 26.6. The average Bonchev–Trinajstić information content (AvgIpc) is 3.65. The molecule has 3 aromatic heterocycles. The van der Waals surface area contributed by atoms with Crippen LogP contribution in [0.4, 0.5) is 36.3 Å². The highest BCUT2D eigenvalue weighted by atomic mass is 31.2. The summed E-state index contributed by atoms with van der Waals surface area (Å²) in [5.41, 5.74) is 0.278. The molecule has 13 nitrogen and oxygen atoms in total. The van der Waals surface area contributed by atoms with Crippen LogP contribution >= 0.6 is 7.60 Å².